The van der Waals surface area contributed by atoms with Crippen molar-refractivity contribution in [2.24, 2.45) is 0 Å². The molecule has 1 atom stereocenters. The van der Waals surface area contributed by atoms with Crippen LogP contribution in [0.5, 0.6) is 0 Å². The second-order valence-corrected chi connectivity index (χ2v) is 10.5. The molecule has 180 valence electrons. The molecular weight excluding hydrogens is 440 g/mol. The normalized spacial score (nSPS) is 21.8. The third-order valence-electron chi connectivity index (χ3n) is 5.18. The van der Waals surface area contributed by atoms with Gasteiger partial charge in [-0.05, 0) is 6.54 Å². The third-order valence-corrected chi connectivity index (χ3v) is 6.60. The highest BCUT2D eigenvalue weighted by atomic mass is 32.2. The van der Waals surface area contributed by atoms with Crippen LogP contribution < -0.4 is 0 Å². The van der Waals surface area contributed by atoms with Gasteiger partial charge in [-0.15, -0.1) is 0 Å². The Kier molecular flexibility index (Phi) is 12.2. The number of β-amino-alcohol motifs (C(OH)–C–C–N with tert-alkyl or cyclic N) is 1. The van der Waals surface area contributed by atoms with E-state index in [-0.39, 0.29) is 12.4 Å². The van der Waals surface area contributed by atoms with Crippen molar-refractivity contribution in [3.05, 3.63) is 0 Å². The van der Waals surface area contributed by atoms with E-state index >= 15 is 0 Å². The second-order valence-electron chi connectivity index (χ2n) is 7.39. The summed E-state index contributed by atoms with van der Waals surface area (Å²) in [5.74, 6) is -0.813. The number of rotatable bonds is 9. The van der Waals surface area contributed by atoms with Crippen molar-refractivity contribution in [2.75, 3.05) is 90.1 Å². The maximum absolute atomic E-state index is 10.6. The topological polar surface area (TPSA) is 162 Å². The Labute approximate surface area is 179 Å². The molecule has 1 unspecified atom stereocenters. The molecule has 0 bridgehead atoms. The summed E-state index contributed by atoms with van der Waals surface area (Å²) in [6, 6.07) is 0. The SMILES string of the molecule is CCN1CCN(C(O)CS(=O)(=O)O)CC1.O=S(=O)(O)CCN1CCN(CCO)CC1. The van der Waals surface area contributed by atoms with E-state index in [4.69, 9.17) is 14.2 Å². The van der Waals surface area contributed by atoms with Crippen LogP contribution in [0, 0.1) is 0 Å². The molecule has 2 aliphatic heterocycles. The lowest BCUT2D eigenvalue weighted by Gasteiger charge is -2.36. The molecule has 0 spiro atoms. The Morgan fingerprint density at radius 3 is 1.63 bits per heavy atom. The zero-order valence-corrected chi connectivity index (χ0v) is 19.1. The standard InChI is InChI=1S/2C8H18N2O4S/c11-7-5-9-1-3-10(4-2-9)6-8-15(12,13)14;1-2-9-3-5-10(6-4-9)8(11)7-15(12,13)14/h11H,1-8H2,(H,12,13,14);8,11H,2-7H2,1H3,(H,12,13,14). The zero-order valence-electron chi connectivity index (χ0n) is 17.5. The van der Waals surface area contributed by atoms with E-state index in [1.165, 1.54) is 0 Å². The summed E-state index contributed by atoms with van der Waals surface area (Å²) in [5.41, 5.74) is 0. The molecule has 2 heterocycles. The lowest BCUT2D eigenvalue weighted by atomic mass is 10.3. The van der Waals surface area contributed by atoms with Gasteiger partial charge >= 0.3 is 0 Å². The molecule has 4 N–H and O–H groups in total. The Bertz CT molecular complexity index is 675. The quantitative estimate of drug-likeness (QED) is 0.255. The number of piperazine rings is 2. The van der Waals surface area contributed by atoms with Gasteiger partial charge in [0.05, 0.1) is 12.4 Å². The van der Waals surface area contributed by atoms with Crippen molar-refractivity contribution in [2.45, 2.75) is 13.2 Å². The first-order valence-electron chi connectivity index (χ1n) is 10.0. The predicted octanol–water partition coefficient (Wildman–Crippen LogP) is -2.69. The largest absolute Gasteiger partial charge is 0.395 e. The van der Waals surface area contributed by atoms with Gasteiger partial charge in [0.1, 0.15) is 12.0 Å². The molecule has 2 aliphatic rings. The van der Waals surface area contributed by atoms with Crippen LogP contribution in [0.25, 0.3) is 0 Å². The molecule has 0 aromatic heterocycles. The molecule has 12 nitrogen and oxygen atoms in total. The van der Waals surface area contributed by atoms with Crippen molar-refractivity contribution in [3.63, 3.8) is 0 Å². The van der Waals surface area contributed by atoms with Gasteiger partial charge in [0.25, 0.3) is 20.2 Å². The van der Waals surface area contributed by atoms with E-state index in [0.29, 0.717) is 26.2 Å². The molecule has 0 saturated carbocycles. The number of hydrogen-bond acceptors (Lipinski definition) is 10. The smallest absolute Gasteiger partial charge is 0.268 e. The number of aliphatic hydroxyl groups is 2. The van der Waals surface area contributed by atoms with Crippen LogP contribution in [0.3, 0.4) is 0 Å². The lowest BCUT2D eigenvalue weighted by Crippen LogP contribution is -2.51. The van der Waals surface area contributed by atoms with Crippen LogP contribution in [-0.4, -0.2) is 152 Å². The Morgan fingerprint density at radius 2 is 1.23 bits per heavy atom. The minimum atomic E-state index is -4.10. The van der Waals surface area contributed by atoms with E-state index in [1.54, 1.807) is 4.90 Å². The highest BCUT2D eigenvalue weighted by Crippen LogP contribution is 2.06. The summed E-state index contributed by atoms with van der Waals surface area (Å²) in [6.07, 6.45) is -1.10. The van der Waals surface area contributed by atoms with Gasteiger partial charge in [-0.2, -0.15) is 16.8 Å². The highest BCUT2D eigenvalue weighted by Gasteiger charge is 2.24. The minimum absolute atomic E-state index is 0.158. The maximum Gasteiger partial charge on any atom is 0.268 e. The van der Waals surface area contributed by atoms with Gasteiger partial charge in [-0.25, -0.2) is 0 Å². The predicted molar refractivity (Wildman–Crippen MR) is 112 cm³/mol. The summed E-state index contributed by atoms with van der Waals surface area (Å²) in [5, 5.41) is 18.3. The van der Waals surface area contributed by atoms with E-state index in [2.05, 4.69) is 16.7 Å². The molecule has 0 amide bonds. The lowest BCUT2D eigenvalue weighted by molar-refractivity contribution is -0.0103. The number of hydrogen-bond donors (Lipinski definition) is 4. The van der Waals surface area contributed by atoms with Gasteiger partial charge in [0.15, 0.2) is 0 Å². The van der Waals surface area contributed by atoms with Crippen LogP contribution >= 0.6 is 0 Å². The Morgan fingerprint density at radius 1 is 0.767 bits per heavy atom. The van der Waals surface area contributed by atoms with Crippen LogP contribution in [-0.2, 0) is 20.2 Å². The monoisotopic (exact) mass is 476 g/mol. The summed E-state index contributed by atoms with van der Waals surface area (Å²) in [7, 11) is -7.94. The van der Waals surface area contributed by atoms with E-state index in [9.17, 15) is 21.9 Å². The average Bonchev–Trinajstić information content (AvgIpc) is 2.66. The molecule has 2 fully saturated rings. The van der Waals surface area contributed by atoms with Crippen LogP contribution in [0.15, 0.2) is 0 Å². The molecule has 30 heavy (non-hydrogen) atoms. The molecule has 0 aliphatic carbocycles. The Hall–Kier alpha value is -0.420. The molecule has 0 aromatic carbocycles. The molecule has 14 heteroatoms. The van der Waals surface area contributed by atoms with E-state index in [0.717, 1.165) is 45.8 Å². The van der Waals surface area contributed by atoms with Crippen molar-refractivity contribution in [1.29, 1.82) is 0 Å². The summed E-state index contributed by atoms with van der Waals surface area (Å²) in [6.45, 7) is 10.4. The molecule has 2 rings (SSSR count). The zero-order chi connectivity index (χ0) is 22.8. The fourth-order valence-electron chi connectivity index (χ4n) is 3.29. The maximum atomic E-state index is 10.6. The number of aliphatic hydroxyl groups excluding tert-OH is 2. The summed E-state index contributed by atoms with van der Waals surface area (Å²) >= 11 is 0. The van der Waals surface area contributed by atoms with E-state index < -0.39 is 32.2 Å². The molecular formula is C16H36N4O8S2. The number of likely N-dealkylation sites (N-methyl/N-ethyl adjacent to an activating group) is 1. The summed E-state index contributed by atoms with van der Waals surface area (Å²) < 4.78 is 59.4. The van der Waals surface area contributed by atoms with Crippen molar-refractivity contribution in [1.82, 2.24) is 19.6 Å². The van der Waals surface area contributed by atoms with Crippen molar-refractivity contribution < 1.29 is 36.2 Å². The molecule has 2 saturated heterocycles. The van der Waals surface area contributed by atoms with Crippen molar-refractivity contribution >= 4 is 20.2 Å². The third kappa shape index (κ3) is 12.4. The van der Waals surface area contributed by atoms with Crippen LogP contribution in [0.2, 0.25) is 0 Å². The fourth-order valence-corrected chi connectivity index (χ4v) is 4.37. The van der Waals surface area contributed by atoms with Crippen LogP contribution in [0.1, 0.15) is 6.92 Å². The first kappa shape index (κ1) is 27.6. The minimum Gasteiger partial charge on any atom is -0.395 e. The Balaban J connectivity index is 0.000000300. The van der Waals surface area contributed by atoms with Gasteiger partial charge in [0.2, 0.25) is 0 Å². The highest BCUT2D eigenvalue weighted by molar-refractivity contribution is 7.86. The van der Waals surface area contributed by atoms with Gasteiger partial charge in [-0.1, -0.05) is 6.92 Å². The number of nitrogens with zero attached hydrogens (tertiary/aromatic N) is 4. The van der Waals surface area contributed by atoms with Crippen molar-refractivity contribution in [3.8, 4) is 0 Å². The first-order valence-corrected chi connectivity index (χ1v) is 13.3. The van der Waals surface area contributed by atoms with Gasteiger partial charge in [-0.3, -0.25) is 23.8 Å². The summed E-state index contributed by atoms with van der Waals surface area (Å²) in [4.78, 5) is 8.02. The van der Waals surface area contributed by atoms with E-state index in [1.807, 2.05) is 4.90 Å². The fraction of sp³-hybridized carbons (Fsp3) is 1.00. The van der Waals surface area contributed by atoms with Gasteiger partial charge < -0.3 is 15.1 Å². The first-order chi connectivity index (χ1) is 13.9. The molecule has 0 aromatic rings. The van der Waals surface area contributed by atoms with Gasteiger partial charge in [0, 0.05) is 65.4 Å². The second kappa shape index (κ2) is 13.2. The van der Waals surface area contributed by atoms with Crippen LogP contribution in [0.4, 0.5) is 0 Å². The molecule has 0 radical (unpaired) electrons. The average molecular weight is 477 g/mol.